The Balaban J connectivity index is 1.09. The number of rotatable bonds is 8. The molecule has 1 amide bonds. The quantitative estimate of drug-likeness (QED) is 0.422. The van der Waals surface area contributed by atoms with Crippen molar-refractivity contribution in [3.63, 3.8) is 0 Å². The van der Waals surface area contributed by atoms with E-state index in [9.17, 15) is 13.6 Å². The van der Waals surface area contributed by atoms with Gasteiger partial charge < -0.3 is 10.1 Å². The number of amides is 1. The number of thiazole rings is 1. The van der Waals surface area contributed by atoms with Crippen molar-refractivity contribution in [3.05, 3.63) is 52.7 Å². The molecule has 9 heteroatoms. The van der Waals surface area contributed by atoms with Crippen LogP contribution in [-0.2, 0) is 6.42 Å². The lowest BCUT2D eigenvalue weighted by Gasteiger charge is -2.35. The number of hydrogen-bond donors (Lipinski definition) is 1. The third-order valence-corrected chi connectivity index (χ3v) is 8.55. The number of ether oxygens (including phenoxy) is 1. The molecule has 3 aromatic rings. The minimum Gasteiger partial charge on any atom is -0.464 e. The van der Waals surface area contributed by atoms with Crippen LogP contribution in [-0.4, -0.2) is 52.9 Å². The Hall–Kier alpha value is -2.65. The van der Waals surface area contributed by atoms with E-state index in [0.29, 0.717) is 16.7 Å². The summed E-state index contributed by atoms with van der Waals surface area (Å²) < 4.78 is 30.1. The summed E-state index contributed by atoms with van der Waals surface area (Å²) in [4.78, 5) is 25.4. The van der Waals surface area contributed by atoms with Gasteiger partial charge in [-0.25, -0.2) is 13.8 Å². The maximum atomic E-state index is 13.0. The van der Waals surface area contributed by atoms with Gasteiger partial charge in [0, 0.05) is 34.6 Å². The van der Waals surface area contributed by atoms with E-state index in [0.717, 1.165) is 73.1 Å². The molecule has 6 nitrogen and oxygen atoms in total. The highest BCUT2D eigenvalue weighted by molar-refractivity contribution is 7.13. The number of hydrogen-bond acceptors (Lipinski definition) is 6. The third kappa shape index (κ3) is 5.67. The van der Waals surface area contributed by atoms with Gasteiger partial charge in [0.15, 0.2) is 6.61 Å². The molecule has 1 fully saturated rings. The van der Waals surface area contributed by atoms with Crippen LogP contribution in [0, 0.1) is 5.92 Å². The second-order valence-corrected chi connectivity index (χ2v) is 10.9. The van der Waals surface area contributed by atoms with Crippen molar-refractivity contribution in [1.29, 1.82) is 0 Å². The van der Waals surface area contributed by atoms with Gasteiger partial charge in [0.2, 0.25) is 0 Å². The summed E-state index contributed by atoms with van der Waals surface area (Å²) in [6.07, 6.45) is 5.47. The first-order chi connectivity index (χ1) is 17.5. The fraction of sp³-hybridized carbons (Fsp3) is 0.519. The summed E-state index contributed by atoms with van der Waals surface area (Å²) in [7, 11) is 0. The largest absolute Gasteiger partial charge is 0.464 e. The number of benzene rings is 1. The number of carbonyl (C=O) groups excluding carboxylic acids is 1. The number of fused-ring (bicyclic) bond motifs is 2. The van der Waals surface area contributed by atoms with E-state index in [1.165, 1.54) is 11.3 Å². The molecule has 0 bridgehead atoms. The molecule has 192 valence electrons. The molecule has 0 spiro atoms. The van der Waals surface area contributed by atoms with Crippen LogP contribution >= 0.6 is 11.3 Å². The van der Waals surface area contributed by atoms with Crippen LogP contribution in [0.5, 0.6) is 5.19 Å². The van der Waals surface area contributed by atoms with Crippen molar-refractivity contribution >= 4 is 28.1 Å². The number of nitrogens with one attached hydrogen (secondary N) is 1. The van der Waals surface area contributed by atoms with E-state index in [4.69, 9.17) is 4.74 Å². The van der Waals surface area contributed by atoms with Crippen molar-refractivity contribution in [3.8, 4) is 5.19 Å². The molecule has 1 N–H and O–H groups in total. The second-order valence-electron chi connectivity index (χ2n) is 9.81. The van der Waals surface area contributed by atoms with Gasteiger partial charge in [0.25, 0.3) is 17.5 Å². The molecule has 1 atom stereocenters. The highest BCUT2D eigenvalue weighted by atomic mass is 32.1. The van der Waals surface area contributed by atoms with Crippen LogP contribution in [0.1, 0.15) is 66.0 Å². The maximum absolute atomic E-state index is 13.0. The zero-order valence-electron chi connectivity index (χ0n) is 20.5. The van der Waals surface area contributed by atoms with Crippen LogP contribution in [0.3, 0.4) is 0 Å². The summed E-state index contributed by atoms with van der Waals surface area (Å²) in [5.41, 5.74) is 2.50. The van der Waals surface area contributed by atoms with E-state index >= 15 is 0 Å². The average Bonchev–Trinajstić information content (AvgIpc) is 3.32. The summed E-state index contributed by atoms with van der Waals surface area (Å²) >= 11 is 1.40. The molecule has 1 saturated carbocycles. The van der Waals surface area contributed by atoms with Crippen LogP contribution in [0.4, 0.5) is 8.78 Å². The van der Waals surface area contributed by atoms with E-state index in [2.05, 4.69) is 27.1 Å². The Kier molecular flexibility index (Phi) is 7.76. The normalized spacial score (nSPS) is 22.5. The molecule has 1 unspecified atom stereocenters. The number of halogens is 2. The minimum atomic E-state index is -2.49. The number of aromatic nitrogens is 2. The topological polar surface area (TPSA) is 67.3 Å². The molecule has 1 aromatic carbocycles. The molecule has 5 rings (SSSR count). The maximum Gasteiger partial charge on any atom is 0.273 e. The van der Waals surface area contributed by atoms with E-state index < -0.39 is 13.0 Å². The zero-order chi connectivity index (χ0) is 25.1. The molecule has 1 aliphatic carbocycles. The molecule has 0 radical (unpaired) electrons. The lowest BCUT2D eigenvalue weighted by molar-refractivity contribution is 0.0814. The van der Waals surface area contributed by atoms with Crippen molar-refractivity contribution < 1.29 is 18.3 Å². The van der Waals surface area contributed by atoms with Gasteiger partial charge in [-0.15, -0.1) is 0 Å². The molecule has 1 aliphatic heterocycles. The first kappa shape index (κ1) is 25.0. The molecule has 3 heterocycles. The van der Waals surface area contributed by atoms with E-state index in [1.807, 2.05) is 30.3 Å². The third-order valence-electron chi connectivity index (χ3n) is 7.51. The minimum absolute atomic E-state index is 0.0184. The standard InChI is InChI=1S/C27H32F2N4O2S/c1-17-25-23(36-27(32-25)35-16-24(28)29)12-15-33(17)14-11-18-7-9-19(10-8-18)31-26(34)21-4-2-6-22-20(21)5-3-13-30-22/h2-6,13,17-19,24H,7-12,14-16H2,1H3,(H,31,34). The average molecular weight is 515 g/mol. The highest BCUT2D eigenvalue weighted by Crippen LogP contribution is 2.37. The van der Waals surface area contributed by atoms with E-state index in [-0.39, 0.29) is 18.0 Å². The Morgan fingerprint density at radius 3 is 2.86 bits per heavy atom. The summed E-state index contributed by atoms with van der Waals surface area (Å²) in [6, 6.07) is 9.86. The first-order valence-corrected chi connectivity index (χ1v) is 13.6. The van der Waals surface area contributed by atoms with Gasteiger partial charge in [-0.3, -0.25) is 14.7 Å². The number of carbonyl (C=O) groups is 1. The van der Waals surface area contributed by atoms with E-state index in [1.54, 1.807) is 6.20 Å². The number of alkyl halides is 2. The van der Waals surface area contributed by atoms with Crippen molar-refractivity contribution in [1.82, 2.24) is 20.2 Å². The molecular weight excluding hydrogens is 482 g/mol. The van der Waals surface area contributed by atoms with Crippen molar-refractivity contribution in [2.75, 3.05) is 19.7 Å². The molecule has 36 heavy (non-hydrogen) atoms. The Bertz CT molecular complexity index is 1190. The lowest BCUT2D eigenvalue weighted by Crippen LogP contribution is -2.39. The van der Waals surface area contributed by atoms with Crippen LogP contribution in [0.15, 0.2) is 36.5 Å². The SMILES string of the molecule is CC1c2nc(OCC(F)F)sc2CCN1CCC1CCC(NC(=O)c2cccc3ncccc23)CC1. The van der Waals surface area contributed by atoms with Crippen LogP contribution in [0.25, 0.3) is 10.9 Å². The summed E-state index contributed by atoms with van der Waals surface area (Å²) in [6.45, 7) is 3.49. The Labute approximate surface area is 214 Å². The lowest BCUT2D eigenvalue weighted by atomic mass is 9.83. The van der Waals surface area contributed by atoms with Gasteiger partial charge in [-0.2, -0.15) is 0 Å². The Morgan fingerprint density at radius 2 is 2.06 bits per heavy atom. The van der Waals surface area contributed by atoms with Gasteiger partial charge in [0.05, 0.1) is 17.3 Å². The number of pyridine rings is 1. The van der Waals surface area contributed by atoms with Crippen molar-refractivity contribution in [2.45, 2.75) is 64.0 Å². The molecular formula is C27H32F2N4O2S. The molecule has 2 aromatic heterocycles. The second kappa shape index (κ2) is 11.2. The highest BCUT2D eigenvalue weighted by Gasteiger charge is 2.30. The summed E-state index contributed by atoms with van der Waals surface area (Å²) in [5, 5.41) is 4.49. The van der Waals surface area contributed by atoms with Gasteiger partial charge >= 0.3 is 0 Å². The van der Waals surface area contributed by atoms with Crippen LogP contribution in [0.2, 0.25) is 0 Å². The van der Waals surface area contributed by atoms with Gasteiger partial charge in [-0.05, 0) is 76.1 Å². The zero-order valence-corrected chi connectivity index (χ0v) is 21.3. The molecule has 0 saturated heterocycles. The van der Waals surface area contributed by atoms with Crippen LogP contribution < -0.4 is 10.1 Å². The monoisotopic (exact) mass is 514 g/mol. The Morgan fingerprint density at radius 1 is 1.22 bits per heavy atom. The smallest absolute Gasteiger partial charge is 0.273 e. The first-order valence-electron chi connectivity index (χ1n) is 12.8. The predicted molar refractivity (Wildman–Crippen MR) is 137 cm³/mol. The van der Waals surface area contributed by atoms with Gasteiger partial charge in [-0.1, -0.05) is 23.5 Å². The van der Waals surface area contributed by atoms with Gasteiger partial charge in [0.1, 0.15) is 0 Å². The fourth-order valence-electron chi connectivity index (χ4n) is 5.47. The number of nitrogens with zero attached hydrogens (tertiary/aromatic N) is 3. The van der Waals surface area contributed by atoms with Crippen molar-refractivity contribution in [2.24, 2.45) is 5.92 Å². The summed E-state index contributed by atoms with van der Waals surface area (Å²) in [5.74, 6) is 0.629. The fourth-order valence-corrected chi connectivity index (χ4v) is 6.46. The predicted octanol–water partition coefficient (Wildman–Crippen LogP) is 5.63. The molecule has 2 aliphatic rings.